The normalized spacial score (nSPS) is 12.1. The third-order valence-corrected chi connectivity index (χ3v) is 3.25. The highest BCUT2D eigenvalue weighted by molar-refractivity contribution is 6.05. The van der Waals surface area contributed by atoms with Crippen molar-refractivity contribution in [3.63, 3.8) is 0 Å². The van der Waals surface area contributed by atoms with E-state index in [1.165, 1.54) is 18.2 Å². The highest BCUT2D eigenvalue weighted by atomic mass is 19.4. The van der Waals surface area contributed by atoms with Crippen molar-refractivity contribution in [1.29, 1.82) is 0 Å². The molecule has 0 aliphatic heterocycles. The Kier molecular flexibility index (Phi) is 4.70. The first-order valence-electron chi connectivity index (χ1n) is 6.78. The van der Waals surface area contributed by atoms with Gasteiger partial charge < -0.3 is 10.4 Å². The van der Waals surface area contributed by atoms with Gasteiger partial charge in [0, 0.05) is 5.56 Å². The number of benzene rings is 2. The van der Waals surface area contributed by atoms with Crippen LogP contribution in [0.1, 0.15) is 27.0 Å². The second kappa shape index (κ2) is 6.30. The zero-order chi connectivity index (χ0) is 19.0. The van der Waals surface area contributed by atoms with E-state index in [1.54, 1.807) is 6.92 Å². The van der Waals surface area contributed by atoms with E-state index in [-0.39, 0.29) is 17.5 Å². The smallest absolute Gasteiger partial charge is 0.416 e. The van der Waals surface area contributed by atoms with Gasteiger partial charge in [-0.05, 0) is 42.8 Å². The lowest BCUT2D eigenvalue weighted by Gasteiger charge is -2.14. The number of phenolic OH excluding ortho intramolecular Hbond substituents is 1. The first-order valence-corrected chi connectivity index (χ1v) is 6.78. The zero-order valence-corrected chi connectivity index (χ0v) is 12.6. The Morgan fingerprint density at radius 2 is 1.44 bits per heavy atom. The summed E-state index contributed by atoms with van der Waals surface area (Å²) in [6, 6.07) is 4.62. The fourth-order valence-electron chi connectivity index (χ4n) is 2.03. The molecule has 0 spiro atoms. The lowest BCUT2D eigenvalue weighted by atomic mass is 10.0. The quantitative estimate of drug-likeness (QED) is 0.583. The molecule has 2 aromatic rings. The van der Waals surface area contributed by atoms with E-state index in [9.17, 15) is 36.2 Å². The Morgan fingerprint density at radius 3 is 1.88 bits per heavy atom. The van der Waals surface area contributed by atoms with E-state index in [4.69, 9.17) is 0 Å². The highest BCUT2D eigenvalue weighted by Crippen LogP contribution is 2.36. The molecule has 0 aromatic heterocycles. The second-order valence-corrected chi connectivity index (χ2v) is 5.27. The molecule has 0 unspecified atom stereocenters. The number of aryl methyl sites for hydroxylation is 1. The van der Waals surface area contributed by atoms with Gasteiger partial charge in [0.1, 0.15) is 5.75 Å². The van der Waals surface area contributed by atoms with Crippen LogP contribution in [0.25, 0.3) is 0 Å². The van der Waals surface area contributed by atoms with Gasteiger partial charge in [0.25, 0.3) is 5.91 Å². The van der Waals surface area contributed by atoms with Gasteiger partial charge in [0.2, 0.25) is 0 Å². The van der Waals surface area contributed by atoms with E-state index in [1.807, 2.05) is 0 Å². The van der Waals surface area contributed by atoms with Crippen molar-refractivity contribution in [2.75, 3.05) is 5.32 Å². The number of hydrogen-bond acceptors (Lipinski definition) is 2. The van der Waals surface area contributed by atoms with E-state index in [0.717, 1.165) is 0 Å². The number of hydrogen-bond donors (Lipinski definition) is 2. The van der Waals surface area contributed by atoms with E-state index in [0.29, 0.717) is 17.7 Å². The summed E-state index contributed by atoms with van der Waals surface area (Å²) < 4.78 is 76.8. The maximum Gasteiger partial charge on any atom is 0.416 e. The maximum absolute atomic E-state index is 12.8. The van der Waals surface area contributed by atoms with Crippen LogP contribution in [-0.4, -0.2) is 11.0 Å². The molecule has 0 saturated carbocycles. The summed E-state index contributed by atoms with van der Waals surface area (Å²) in [5, 5.41) is 11.8. The molecule has 9 heteroatoms. The molecule has 0 bridgehead atoms. The number of rotatable bonds is 2. The zero-order valence-electron chi connectivity index (χ0n) is 12.6. The summed E-state index contributed by atoms with van der Waals surface area (Å²) in [5.74, 6) is -1.58. The first kappa shape index (κ1) is 18.6. The molecule has 1 amide bonds. The van der Waals surface area contributed by atoms with Crippen LogP contribution in [0.15, 0.2) is 36.4 Å². The topological polar surface area (TPSA) is 49.3 Å². The lowest BCUT2D eigenvalue weighted by molar-refractivity contribution is -0.143. The monoisotopic (exact) mass is 363 g/mol. The molecule has 0 heterocycles. The summed E-state index contributed by atoms with van der Waals surface area (Å²) in [7, 11) is 0. The van der Waals surface area contributed by atoms with E-state index >= 15 is 0 Å². The van der Waals surface area contributed by atoms with Gasteiger partial charge in [0.05, 0.1) is 16.8 Å². The van der Waals surface area contributed by atoms with Crippen LogP contribution < -0.4 is 5.32 Å². The molecular weight excluding hydrogens is 352 g/mol. The number of phenols is 1. The summed E-state index contributed by atoms with van der Waals surface area (Å²) in [4.78, 5) is 12.1. The third kappa shape index (κ3) is 4.43. The molecule has 0 atom stereocenters. The molecule has 0 saturated heterocycles. The Balaban J connectivity index is 2.44. The van der Waals surface area contributed by atoms with Gasteiger partial charge in [-0.3, -0.25) is 4.79 Å². The Labute approximate surface area is 137 Å². The number of amides is 1. The van der Waals surface area contributed by atoms with Crippen LogP contribution in [0.5, 0.6) is 5.75 Å². The second-order valence-electron chi connectivity index (χ2n) is 5.27. The Morgan fingerprint density at radius 1 is 0.920 bits per heavy atom. The van der Waals surface area contributed by atoms with Gasteiger partial charge in [0.15, 0.2) is 0 Å². The summed E-state index contributed by atoms with van der Waals surface area (Å²) >= 11 is 0. The summed E-state index contributed by atoms with van der Waals surface area (Å²) in [5.41, 5.74) is -3.51. The minimum Gasteiger partial charge on any atom is -0.506 e. The van der Waals surface area contributed by atoms with Crippen molar-refractivity contribution in [1.82, 2.24) is 0 Å². The van der Waals surface area contributed by atoms with Crippen molar-refractivity contribution in [3.05, 3.63) is 58.7 Å². The SMILES string of the molecule is Cc1ccc(NC(=O)c2cc(C(F)(F)F)cc(C(F)(F)F)c2)c(O)c1. The van der Waals surface area contributed by atoms with E-state index in [2.05, 4.69) is 5.32 Å². The van der Waals surface area contributed by atoms with Crippen molar-refractivity contribution in [3.8, 4) is 5.75 Å². The molecule has 0 radical (unpaired) electrons. The van der Waals surface area contributed by atoms with Crippen molar-refractivity contribution >= 4 is 11.6 Å². The average molecular weight is 363 g/mol. The van der Waals surface area contributed by atoms with Crippen LogP contribution in [0, 0.1) is 6.92 Å². The molecule has 2 rings (SSSR count). The first-order chi connectivity index (χ1) is 11.4. The number of anilines is 1. The molecule has 0 fully saturated rings. The average Bonchev–Trinajstić information content (AvgIpc) is 2.47. The van der Waals surface area contributed by atoms with Crippen molar-refractivity contribution in [2.24, 2.45) is 0 Å². The summed E-state index contributed by atoms with van der Waals surface area (Å²) in [6.45, 7) is 1.65. The predicted molar refractivity (Wildman–Crippen MR) is 77.2 cm³/mol. The maximum atomic E-state index is 12.8. The van der Waals surface area contributed by atoms with Gasteiger partial charge in [-0.25, -0.2) is 0 Å². The fourth-order valence-corrected chi connectivity index (χ4v) is 2.03. The number of alkyl halides is 6. The van der Waals surface area contributed by atoms with E-state index < -0.39 is 35.0 Å². The standard InChI is InChI=1S/C16H11F6NO2/c1-8-2-3-12(13(24)4-8)23-14(25)9-5-10(15(17,18)19)7-11(6-9)16(20,21)22/h2-7,24H,1H3,(H,23,25). The molecule has 134 valence electrons. The minimum absolute atomic E-state index is 0.0693. The molecule has 0 aliphatic rings. The van der Waals surface area contributed by atoms with Crippen LogP contribution in [-0.2, 0) is 12.4 Å². The third-order valence-electron chi connectivity index (χ3n) is 3.25. The molecular formula is C16H11F6NO2. The van der Waals surface area contributed by atoms with Gasteiger partial charge in [-0.15, -0.1) is 0 Å². The van der Waals surface area contributed by atoms with Gasteiger partial charge in [-0.2, -0.15) is 26.3 Å². The van der Waals surface area contributed by atoms with Gasteiger partial charge in [-0.1, -0.05) is 6.07 Å². The fraction of sp³-hybridized carbons (Fsp3) is 0.188. The number of nitrogens with one attached hydrogen (secondary N) is 1. The Bertz CT molecular complexity index is 779. The largest absolute Gasteiger partial charge is 0.506 e. The molecule has 2 N–H and O–H groups in total. The Hall–Kier alpha value is -2.71. The number of aromatic hydroxyl groups is 1. The number of halogens is 6. The molecule has 2 aromatic carbocycles. The lowest BCUT2D eigenvalue weighted by Crippen LogP contribution is -2.17. The van der Waals surface area contributed by atoms with Crippen LogP contribution in [0.2, 0.25) is 0 Å². The van der Waals surface area contributed by atoms with Crippen LogP contribution in [0.3, 0.4) is 0 Å². The molecule has 0 aliphatic carbocycles. The highest BCUT2D eigenvalue weighted by Gasteiger charge is 2.37. The predicted octanol–water partition coefficient (Wildman–Crippen LogP) is 4.99. The van der Waals surface area contributed by atoms with Crippen molar-refractivity contribution in [2.45, 2.75) is 19.3 Å². The van der Waals surface area contributed by atoms with Crippen molar-refractivity contribution < 1.29 is 36.2 Å². The van der Waals surface area contributed by atoms with Crippen LogP contribution >= 0.6 is 0 Å². The van der Waals surface area contributed by atoms with Crippen LogP contribution in [0.4, 0.5) is 32.0 Å². The minimum atomic E-state index is -5.05. The van der Waals surface area contributed by atoms with Gasteiger partial charge >= 0.3 is 12.4 Å². The summed E-state index contributed by atoms with van der Waals surface area (Å²) in [6.07, 6.45) is -10.1. The molecule has 25 heavy (non-hydrogen) atoms. The number of carbonyl (C=O) groups is 1. The molecule has 3 nitrogen and oxygen atoms in total. The number of carbonyl (C=O) groups excluding carboxylic acids is 1.